The summed E-state index contributed by atoms with van der Waals surface area (Å²) >= 11 is 0. The van der Waals surface area contributed by atoms with Gasteiger partial charge in [-0.25, -0.2) is 0 Å². The maximum Gasteiger partial charge on any atom is 0.323 e. The highest BCUT2D eigenvalue weighted by atomic mass is 16.4. The van der Waals surface area contributed by atoms with Crippen LogP contribution in [0.3, 0.4) is 0 Å². The molecule has 0 saturated carbocycles. The Hall–Kier alpha value is -0.570. The zero-order chi connectivity index (χ0) is 5.15. The molecular formula is C3H5NO2. The Kier molecular flexibility index (Phi) is 1.60. The van der Waals surface area contributed by atoms with Crippen LogP contribution in [-0.2, 0) is 4.79 Å². The Labute approximate surface area is 35.8 Å². The van der Waals surface area contributed by atoms with Crippen molar-refractivity contribution in [3.63, 3.8) is 0 Å². The van der Waals surface area contributed by atoms with Crippen LogP contribution in [0.1, 0.15) is 6.92 Å². The van der Waals surface area contributed by atoms with Gasteiger partial charge in [-0.3, -0.25) is 4.79 Å². The third-order valence-corrected chi connectivity index (χ3v) is 0.357. The number of hydrogen-bond donors (Lipinski definition) is 1. The molecule has 0 unspecified atom stereocenters. The fourth-order valence-electron chi connectivity index (χ4n) is 0. The smallest absolute Gasteiger partial charge is 0.323 e. The predicted octanol–water partition coefficient (Wildman–Crippen LogP) is -0.472. The molecule has 0 aliphatic carbocycles. The number of nitrogens with zero attached hydrogens (tertiary/aromatic N) is 1. The van der Waals surface area contributed by atoms with Gasteiger partial charge in [-0.2, -0.15) is 0 Å². The van der Waals surface area contributed by atoms with E-state index in [-0.39, 0.29) is 0 Å². The highest BCUT2D eigenvalue weighted by Gasteiger charge is 2.02. The number of carboxylic acid groups (broad SMARTS) is 1. The van der Waals surface area contributed by atoms with E-state index < -0.39 is 12.0 Å². The molecule has 3 heteroatoms. The lowest BCUT2D eigenvalue weighted by Crippen LogP contribution is -2.15. The maximum atomic E-state index is 9.45. The highest BCUT2D eigenvalue weighted by Crippen LogP contribution is 1.71. The summed E-state index contributed by atoms with van der Waals surface area (Å²) in [5.74, 6) is -1.19. The van der Waals surface area contributed by atoms with Crippen LogP contribution in [0.5, 0.6) is 0 Å². The van der Waals surface area contributed by atoms with E-state index in [1.54, 1.807) is 0 Å². The van der Waals surface area contributed by atoms with Crippen molar-refractivity contribution in [3.8, 4) is 0 Å². The third kappa shape index (κ3) is 1.72. The summed E-state index contributed by atoms with van der Waals surface area (Å²) in [6.45, 7) is 1.20. The van der Waals surface area contributed by atoms with Crippen molar-refractivity contribution in [1.82, 2.24) is 5.73 Å². The fraction of sp³-hybridized carbons (Fsp3) is 0.667. The average Bonchev–Trinajstić information content (AvgIpc) is 1.36. The molecule has 0 heterocycles. The second-order valence-corrected chi connectivity index (χ2v) is 1.01. The van der Waals surface area contributed by atoms with Gasteiger partial charge < -0.3 is 5.11 Å². The summed E-state index contributed by atoms with van der Waals surface area (Å²) < 4.78 is 0. The molecule has 0 aromatic heterocycles. The van der Waals surface area contributed by atoms with E-state index >= 15 is 0 Å². The first-order valence-electron chi connectivity index (χ1n) is 1.55. The van der Waals surface area contributed by atoms with Crippen molar-refractivity contribution in [2.24, 2.45) is 0 Å². The second-order valence-electron chi connectivity index (χ2n) is 1.01. The van der Waals surface area contributed by atoms with Crippen LogP contribution in [0.2, 0.25) is 0 Å². The van der Waals surface area contributed by atoms with Gasteiger partial charge in [-0.05, 0) is 6.92 Å². The van der Waals surface area contributed by atoms with Crippen molar-refractivity contribution in [3.05, 3.63) is 0 Å². The van der Waals surface area contributed by atoms with Gasteiger partial charge in [0.1, 0.15) is 6.04 Å². The molecule has 3 nitrogen and oxygen atoms in total. The van der Waals surface area contributed by atoms with Gasteiger partial charge in [0.15, 0.2) is 0 Å². The molecule has 1 atom stereocenters. The maximum absolute atomic E-state index is 9.45. The summed E-state index contributed by atoms with van der Waals surface area (Å²) in [6.07, 6.45) is 0. The number of hydrogen-bond acceptors (Lipinski definition) is 1. The predicted molar refractivity (Wildman–Crippen MR) is 19.2 cm³/mol. The normalized spacial score (nSPS) is 13.7. The zero-order valence-electron chi connectivity index (χ0n) is 3.38. The molecule has 0 rings (SSSR count). The molecule has 0 fully saturated rings. The summed E-state index contributed by atoms with van der Waals surface area (Å²) in [6, 6.07) is -1.23. The summed E-state index contributed by atoms with van der Waals surface area (Å²) in [7, 11) is 0. The molecule has 6 heavy (non-hydrogen) atoms. The number of rotatable bonds is 1. The van der Waals surface area contributed by atoms with Crippen molar-refractivity contribution in [2.75, 3.05) is 0 Å². The Morgan fingerprint density at radius 2 is 2.17 bits per heavy atom. The molecule has 34 valence electrons. The SMILES string of the molecule is C[C@H]([15N])C(=O)O. The van der Waals surface area contributed by atoms with Gasteiger partial charge in [0.05, 0.1) is 0 Å². The molecule has 1 N–H and O–H groups in total. The van der Waals surface area contributed by atoms with E-state index in [4.69, 9.17) is 10.8 Å². The van der Waals surface area contributed by atoms with Crippen LogP contribution < -0.4 is 5.73 Å². The molecule has 0 saturated heterocycles. The largest absolute Gasteiger partial charge is 0.480 e. The van der Waals surface area contributed by atoms with Crippen molar-refractivity contribution < 1.29 is 9.90 Å². The highest BCUT2D eigenvalue weighted by molar-refractivity contribution is 5.72. The van der Waals surface area contributed by atoms with Crippen LogP contribution in [-0.4, -0.2) is 17.1 Å². The first-order valence-corrected chi connectivity index (χ1v) is 1.55. The average molecular weight is 88.1 g/mol. The molecule has 0 aromatic rings. The molecule has 0 aliphatic rings. The van der Waals surface area contributed by atoms with Crippen LogP contribution in [0.25, 0.3) is 0 Å². The lowest BCUT2D eigenvalue weighted by Gasteiger charge is -1.86. The van der Waals surface area contributed by atoms with Gasteiger partial charge in [0.25, 0.3) is 0 Å². The van der Waals surface area contributed by atoms with Crippen LogP contribution in [0, 0.1) is 0 Å². The lowest BCUT2D eigenvalue weighted by molar-refractivity contribution is -0.138. The van der Waals surface area contributed by atoms with E-state index in [1.165, 1.54) is 6.92 Å². The van der Waals surface area contributed by atoms with Crippen molar-refractivity contribution in [1.29, 1.82) is 0 Å². The molecule has 2 radical (unpaired) electrons. The van der Waals surface area contributed by atoms with Crippen LogP contribution >= 0.6 is 0 Å². The fourth-order valence-corrected chi connectivity index (χ4v) is 0. The van der Waals surface area contributed by atoms with Gasteiger partial charge in [0, 0.05) is 0 Å². The van der Waals surface area contributed by atoms with Crippen molar-refractivity contribution >= 4 is 5.97 Å². The van der Waals surface area contributed by atoms with E-state index in [9.17, 15) is 4.79 Å². The molecule has 0 aromatic carbocycles. The van der Waals surface area contributed by atoms with Gasteiger partial charge in [-0.15, -0.1) is 5.73 Å². The first kappa shape index (κ1) is 5.43. The van der Waals surface area contributed by atoms with Gasteiger partial charge >= 0.3 is 5.97 Å². The topological polar surface area (TPSA) is 59.6 Å². The number of aliphatic carboxylic acids is 1. The molecule has 0 bridgehead atoms. The van der Waals surface area contributed by atoms with E-state index in [0.717, 1.165) is 0 Å². The number of carbonyl (C=O) groups is 1. The standard InChI is InChI=1S/C3H5NO2/c1-2(4)3(5)6/h2H,1H3,(H,5,6)/t2-/m0/s1/i4+1. The monoisotopic (exact) mass is 88.0 g/mol. The Morgan fingerprint density at radius 1 is 2.00 bits per heavy atom. The molecule has 0 aliphatic heterocycles. The molecule has 0 spiro atoms. The summed E-state index contributed by atoms with van der Waals surface area (Å²) in [4.78, 5) is 9.45. The Bertz CT molecular complexity index is 59.8. The molecular weight excluding hydrogens is 83.0 g/mol. The molecule has 0 amide bonds. The third-order valence-electron chi connectivity index (χ3n) is 0.357. The number of carboxylic acids is 1. The zero-order valence-corrected chi connectivity index (χ0v) is 3.38. The van der Waals surface area contributed by atoms with E-state index in [2.05, 4.69) is 0 Å². The van der Waals surface area contributed by atoms with E-state index in [1.807, 2.05) is 0 Å². The second kappa shape index (κ2) is 1.77. The van der Waals surface area contributed by atoms with Crippen molar-refractivity contribution in [2.45, 2.75) is 13.0 Å². The lowest BCUT2D eigenvalue weighted by atomic mass is 10.4. The van der Waals surface area contributed by atoms with Gasteiger partial charge in [-0.1, -0.05) is 0 Å². The summed E-state index contributed by atoms with van der Waals surface area (Å²) in [5.41, 5.74) is 8.03. The summed E-state index contributed by atoms with van der Waals surface area (Å²) in [5, 5.41) is 7.74. The quantitative estimate of drug-likeness (QED) is 0.440. The van der Waals surface area contributed by atoms with Crippen LogP contribution in [0.4, 0.5) is 0 Å². The first-order chi connectivity index (χ1) is 2.64. The minimum atomic E-state index is -1.23. The minimum absolute atomic E-state index is 1.19. The van der Waals surface area contributed by atoms with Crippen LogP contribution in [0.15, 0.2) is 0 Å². The van der Waals surface area contributed by atoms with E-state index in [0.29, 0.717) is 0 Å². The van der Waals surface area contributed by atoms with Gasteiger partial charge in [0.2, 0.25) is 0 Å². The Balaban J connectivity index is 3.26. The Morgan fingerprint density at radius 3 is 2.17 bits per heavy atom. The minimum Gasteiger partial charge on any atom is -0.480 e.